The number of aliphatic hydroxyl groups is 2. The Morgan fingerprint density at radius 2 is 2.29 bits per heavy atom. The molecule has 0 fully saturated rings. The van der Waals surface area contributed by atoms with Gasteiger partial charge in [0.05, 0.1) is 30.3 Å². The van der Waals surface area contributed by atoms with Crippen LogP contribution >= 0.6 is 0 Å². The summed E-state index contributed by atoms with van der Waals surface area (Å²) in [6, 6.07) is 3.72. The predicted octanol–water partition coefficient (Wildman–Crippen LogP) is 1.51. The van der Waals surface area contributed by atoms with Crippen molar-refractivity contribution < 1.29 is 10.2 Å². The van der Waals surface area contributed by atoms with Gasteiger partial charge in [-0.15, -0.1) is 6.58 Å². The summed E-state index contributed by atoms with van der Waals surface area (Å²) < 4.78 is 0. The van der Waals surface area contributed by atoms with Crippen LogP contribution in [0, 0.1) is 0 Å². The van der Waals surface area contributed by atoms with Crippen LogP contribution in [0.2, 0.25) is 0 Å². The van der Waals surface area contributed by atoms with E-state index in [1.807, 2.05) is 24.0 Å². The van der Waals surface area contributed by atoms with E-state index in [1.165, 1.54) is 0 Å². The van der Waals surface area contributed by atoms with E-state index in [1.54, 1.807) is 12.3 Å². The van der Waals surface area contributed by atoms with Gasteiger partial charge in [0.25, 0.3) is 0 Å². The molecule has 0 aromatic carbocycles. The van der Waals surface area contributed by atoms with E-state index in [0.29, 0.717) is 25.2 Å². The molecule has 0 saturated carbocycles. The largest absolute Gasteiger partial charge is 0.395 e. The van der Waals surface area contributed by atoms with Crippen LogP contribution in [0.25, 0.3) is 0 Å². The lowest BCUT2D eigenvalue weighted by Gasteiger charge is -2.22. The van der Waals surface area contributed by atoms with Crippen LogP contribution in [0.15, 0.2) is 31.0 Å². The van der Waals surface area contributed by atoms with Gasteiger partial charge >= 0.3 is 0 Å². The Morgan fingerprint density at radius 3 is 2.76 bits per heavy atom. The van der Waals surface area contributed by atoms with Crippen LogP contribution in [-0.4, -0.2) is 34.9 Å². The average Bonchev–Trinajstić information content (AvgIpc) is 2.38. The summed E-state index contributed by atoms with van der Waals surface area (Å²) in [7, 11) is 0. The molecule has 0 radical (unpaired) electrons. The molecule has 94 valence electrons. The standard InChI is InChI=1S/C13H20N2O2/c1-3-7-15(8-9-16)11-5-6-12(14-10-11)13(17)4-2/h3,5-6,10,13,16-17H,1,4,7-9H2,2H3. The maximum atomic E-state index is 9.63. The summed E-state index contributed by atoms with van der Waals surface area (Å²) in [5.74, 6) is 0. The Hall–Kier alpha value is -1.39. The second kappa shape index (κ2) is 7.04. The molecule has 0 aliphatic rings. The summed E-state index contributed by atoms with van der Waals surface area (Å²) in [5.41, 5.74) is 1.60. The summed E-state index contributed by atoms with van der Waals surface area (Å²) in [4.78, 5) is 6.20. The molecule has 0 saturated heterocycles. The van der Waals surface area contributed by atoms with Crippen molar-refractivity contribution >= 4 is 5.69 Å². The van der Waals surface area contributed by atoms with Gasteiger partial charge in [-0.2, -0.15) is 0 Å². The first-order chi connectivity index (χ1) is 8.22. The molecule has 0 bridgehead atoms. The summed E-state index contributed by atoms with van der Waals surface area (Å²) in [5, 5.41) is 18.6. The van der Waals surface area contributed by atoms with E-state index < -0.39 is 6.10 Å². The molecule has 1 aromatic rings. The van der Waals surface area contributed by atoms with E-state index in [2.05, 4.69) is 11.6 Å². The molecule has 1 aromatic heterocycles. The quantitative estimate of drug-likeness (QED) is 0.705. The second-order valence-electron chi connectivity index (χ2n) is 3.82. The van der Waals surface area contributed by atoms with Crippen molar-refractivity contribution in [3.63, 3.8) is 0 Å². The summed E-state index contributed by atoms with van der Waals surface area (Å²) in [6.07, 6.45) is 3.65. The minimum absolute atomic E-state index is 0.0905. The first-order valence-corrected chi connectivity index (χ1v) is 5.83. The lowest BCUT2D eigenvalue weighted by Crippen LogP contribution is -2.26. The molecule has 1 rings (SSSR count). The predicted molar refractivity (Wildman–Crippen MR) is 69.0 cm³/mol. The Bertz CT molecular complexity index is 338. The molecule has 1 heterocycles. The Morgan fingerprint density at radius 1 is 1.53 bits per heavy atom. The molecular formula is C13H20N2O2. The number of aromatic nitrogens is 1. The van der Waals surface area contributed by atoms with Crippen LogP contribution in [-0.2, 0) is 0 Å². The van der Waals surface area contributed by atoms with E-state index in [9.17, 15) is 5.11 Å². The molecule has 17 heavy (non-hydrogen) atoms. The first-order valence-electron chi connectivity index (χ1n) is 5.83. The van der Waals surface area contributed by atoms with Crippen molar-refractivity contribution in [2.24, 2.45) is 0 Å². The number of aliphatic hydroxyl groups excluding tert-OH is 2. The van der Waals surface area contributed by atoms with E-state index >= 15 is 0 Å². The van der Waals surface area contributed by atoms with Gasteiger partial charge in [-0.05, 0) is 18.6 Å². The van der Waals surface area contributed by atoms with Gasteiger partial charge in [-0.3, -0.25) is 4.98 Å². The molecule has 1 atom stereocenters. The molecule has 2 N–H and O–H groups in total. The van der Waals surface area contributed by atoms with Crippen LogP contribution < -0.4 is 4.90 Å². The van der Waals surface area contributed by atoms with E-state index in [-0.39, 0.29) is 6.61 Å². The van der Waals surface area contributed by atoms with E-state index in [4.69, 9.17) is 5.11 Å². The highest BCUT2D eigenvalue weighted by atomic mass is 16.3. The molecule has 0 spiro atoms. The van der Waals surface area contributed by atoms with Crippen LogP contribution in [0.3, 0.4) is 0 Å². The zero-order valence-corrected chi connectivity index (χ0v) is 10.2. The third-order valence-electron chi connectivity index (χ3n) is 2.58. The molecule has 4 nitrogen and oxygen atoms in total. The Labute approximate surface area is 102 Å². The van der Waals surface area contributed by atoms with Gasteiger partial charge in [-0.25, -0.2) is 0 Å². The number of hydrogen-bond donors (Lipinski definition) is 2. The fourth-order valence-electron chi connectivity index (χ4n) is 1.59. The van der Waals surface area contributed by atoms with Crippen molar-refractivity contribution in [2.75, 3.05) is 24.6 Å². The fraction of sp³-hybridized carbons (Fsp3) is 0.462. The lowest BCUT2D eigenvalue weighted by molar-refractivity contribution is 0.169. The Balaban J connectivity index is 2.79. The minimum Gasteiger partial charge on any atom is -0.395 e. The third kappa shape index (κ3) is 3.84. The monoisotopic (exact) mass is 236 g/mol. The lowest BCUT2D eigenvalue weighted by atomic mass is 10.2. The zero-order chi connectivity index (χ0) is 12.7. The molecule has 4 heteroatoms. The SMILES string of the molecule is C=CCN(CCO)c1ccc(C(O)CC)nc1. The Kier molecular flexibility index (Phi) is 5.66. The minimum atomic E-state index is -0.505. The maximum Gasteiger partial charge on any atom is 0.0957 e. The van der Waals surface area contributed by atoms with Crippen molar-refractivity contribution in [3.05, 3.63) is 36.7 Å². The molecule has 0 aliphatic carbocycles. The van der Waals surface area contributed by atoms with Crippen molar-refractivity contribution in [2.45, 2.75) is 19.4 Å². The van der Waals surface area contributed by atoms with Gasteiger partial charge in [0.2, 0.25) is 0 Å². The number of pyridine rings is 1. The highest BCUT2D eigenvalue weighted by Gasteiger charge is 2.08. The number of rotatable bonds is 7. The average molecular weight is 236 g/mol. The molecule has 0 aliphatic heterocycles. The van der Waals surface area contributed by atoms with Crippen LogP contribution in [0.5, 0.6) is 0 Å². The van der Waals surface area contributed by atoms with Gasteiger partial charge < -0.3 is 15.1 Å². The number of anilines is 1. The van der Waals surface area contributed by atoms with Crippen LogP contribution in [0.1, 0.15) is 25.1 Å². The van der Waals surface area contributed by atoms with E-state index in [0.717, 1.165) is 5.69 Å². The van der Waals surface area contributed by atoms with Gasteiger partial charge in [-0.1, -0.05) is 13.0 Å². The summed E-state index contributed by atoms with van der Waals surface area (Å²) >= 11 is 0. The zero-order valence-electron chi connectivity index (χ0n) is 10.2. The number of nitrogens with zero attached hydrogens (tertiary/aromatic N) is 2. The number of hydrogen-bond acceptors (Lipinski definition) is 4. The third-order valence-corrected chi connectivity index (χ3v) is 2.58. The second-order valence-corrected chi connectivity index (χ2v) is 3.82. The molecular weight excluding hydrogens is 216 g/mol. The van der Waals surface area contributed by atoms with Crippen LogP contribution in [0.4, 0.5) is 5.69 Å². The van der Waals surface area contributed by atoms with Gasteiger partial charge in [0, 0.05) is 13.1 Å². The smallest absolute Gasteiger partial charge is 0.0957 e. The highest BCUT2D eigenvalue weighted by molar-refractivity contribution is 5.45. The van der Waals surface area contributed by atoms with Crippen molar-refractivity contribution in [1.82, 2.24) is 4.98 Å². The van der Waals surface area contributed by atoms with Crippen molar-refractivity contribution in [3.8, 4) is 0 Å². The van der Waals surface area contributed by atoms with Gasteiger partial charge in [0.1, 0.15) is 0 Å². The first kappa shape index (κ1) is 13.7. The highest BCUT2D eigenvalue weighted by Crippen LogP contribution is 2.18. The maximum absolute atomic E-state index is 9.63. The van der Waals surface area contributed by atoms with Crippen molar-refractivity contribution in [1.29, 1.82) is 0 Å². The normalized spacial score (nSPS) is 12.2. The molecule has 1 unspecified atom stereocenters. The summed E-state index contributed by atoms with van der Waals surface area (Å²) in [6.45, 7) is 6.90. The molecule has 0 amide bonds. The topological polar surface area (TPSA) is 56.6 Å². The fourth-order valence-corrected chi connectivity index (χ4v) is 1.59. The van der Waals surface area contributed by atoms with Gasteiger partial charge in [0.15, 0.2) is 0 Å².